The summed E-state index contributed by atoms with van der Waals surface area (Å²) < 4.78 is 27.0. The maximum atomic E-state index is 12.8. The van der Waals surface area contributed by atoms with Crippen molar-refractivity contribution < 1.29 is 13.2 Å². The van der Waals surface area contributed by atoms with Crippen LogP contribution in [0.5, 0.6) is 0 Å². The zero-order valence-corrected chi connectivity index (χ0v) is 16.6. The Morgan fingerprint density at radius 3 is 2.19 bits per heavy atom. The standard InChI is InChI=1S/C19H19Cl2NO3S/c1-13-2-4-14(5-3-13)19(23)15-8-10-22(11-9-15)26(24,25)16-6-7-17(20)18(21)12-16/h2-7,12,15H,8-11H2,1H3. The third-order valence-electron chi connectivity index (χ3n) is 4.69. The largest absolute Gasteiger partial charge is 0.294 e. The fraction of sp³-hybridized carbons (Fsp3) is 0.316. The first-order valence-electron chi connectivity index (χ1n) is 8.35. The van der Waals surface area contributed by atoms with E-state index in [9.17, 15) is 13.2 Å². The summed E-state index contributed by atoms with van der Waals surface area (Å²) in [5, 5.41) is 0.519. The SMILES string of the molecule is Cc1ccc(C(=O)C2CCN(S(=O)(=O)c3ccc(Cl)c(Cl)c3)CC2)cc1. The molecule has 26 heavy (non-hydrogen) atoms. The van der Waals surface area contributed by atoms with Gasteiger partial charge in [0.25, 0.3) is 0 Å². The second-order valence-electron chi connectivity index (χ2n) is 6.48. The Morgan fingerprint density at radius 2 is 1.62 bits per heavy atom. The molecule has 0 N–H and O–H groups in total. The molecule has 0 saturated carbocycles. The van der Waals surface area contributed by atoms with Crippen LogP contribution in [0.15, 0.2) is 47.4 Å². The lowest BCUT2D eigenvalue weighted by molar-refractivity contribution is 0.0875. The van der Waals surface area contributed by atoms with E-state index < -0.39 is 10.0 Å². The number of aryl methyl sites for hydroxylation is 1. The van der Waals surface area contributed by atoms with Crippen molar-refractivity contribution >= 4 is 39.0 Å². The maximum absolute atomic E-state index is 12.8. The first-order chi connectivity index (χ1) is 12.3. The van der Waals surface area contributed by atoms with Gasteiger partial charge in [-0.2, -0.15) is 4.31 Å². The van der Waals surface area contributed by atoms with E-state index in [1.54, 1.807) is 0 Å². The van der Waals surface area contributed by atoms with Crippen LogP contribution in [0, 0.1) is 12.8 Å². The van der Waals surface area contributed by atoms with Crippen molar-refractivity contribution in [2.75, 3.05) is 13.1 Å². The number of Topliss-reactive ketones (excluding diaryl/α,β-unsaturated/α-hetero) is 1. The molecular formula is C19H19Cl2NO3S. The molecular weight excluding hydrogens is 393 g/mol. The summed E-state index contributed by atoms with van der Waals surface area (Å²) in [5.41, 5.74) is 1.78. The Hall–Kier alpha value is -1.40. The van der Waals surface area contributed by atoms with E-state index in [1.165, 1.54) is 22.5 Å². The Balaban J connectivity index is 1.70. The zero-order valence-electron chi connectivity index (χ0n) is 14.3. The van der Waals surface area contributed by atoms with E-state index in [1.807, 2.05) is 31.2 Å². The molecule has 1 fully saturated rings. The number of carbonyl (C=O) groups is 1. The quantitative estimate of drug-likeness (QED) is 0.691. The van der Waals surface area contributed by atoms with E-state index in [-0.39, 0.29) is 21.6 Å². The summed E-state index contributed by atoms with van der Waals surface area (Å²) in [6.07, 6.45) is 1.01. The Kier molecular flexibility index (Phi) is 5.72. The number of carbonyl (C=O) groups excluding carboxylic acids is 1. The summed E-state index contributed by atoms with van der Waals surface area (Å²) in [4.78, 5) is 12.7. The number of benzene rings is 2. The molecule has 0 aliphatic carbocycles. The average Bonchev–Trinajstić information content (AvgIpc) is 2.64. The minimum Gasteiger partial charge on any atom is -0.294 e. The van der Waals surface area contributed by atoms with E-state index in [4.69, 9.17) is 23.2 Å². The fourth-order valence-electron chi connectivity index (χ4n) is 3.10. The molecule has 0 atom stereocenters. The van der Waals surface area contributed by atoms with Gasteiger partial charge in [-0.05, 0) is 38.0 Å². The number of hydrogen-bond acceptors (Lipinski definition) is 3. The van der Waals surface area contributed by atoms with Gasteiger partial charge in [0.2, 0.25) is 10.0 Å². The first-order valence-corrected chi connectivity index (χ1v) is 10.5. The van der Waals surface area contributed by atoms with Gasteiger partial charge >= 0.3 is 0 Å². The molecule has 0 bridgehead atoms. The highest BCUT2D eigenvalue weighted by atomic mass is 35.5. The summed E-state index contributed by atoms with van der Waals surface area (Å²) in [5.74, 6) is -0.0745. The Labute approximate surface area is 163 Å². The normalized spacial score (nSPS) is 16.6. The van der Waals surface area contributed by atoms with Crippen LogP contribution >= 0.6 is 23.2 Å². The molecule has 1 aliphatic heterocycles. The van der Waals surface area contributed by atoms with Gasteiger partial charge < -0.3 is 0 Å². The molecule has 1 saturated heterocycles. The third-order valence-corrected chi connectivity index (χ3v) is 7.32. The topological polar surface area (TPSA) is 54.5 Å². The lowest BCUT2D eigenvalue weighted by Crippen LogP contribution is -2.40. The molecule has 0 amide bonds. The molecule has 138 valence electrons. The number of hydrogen-bond donors (Lipinski definition) is 0. The molecule has 0 spiro atoms. The van der Waals surface area contributed by atoms with E-state index in [0.29, 0.717) is 36.5 Å². The number of halogens is 2. The lowest BCUT2D eigenvalue weighted by Gasteiger charge is -2.30. The predicted molar refractivity (Wildman–Crippen MR) is 103 cm³/mol. The smallest absolute Gasteiger partial charge is 0.243 e. The van der Waals surface area contributed by atoms with Crippen LogP contribution in [-0.2, 0) is 10.0 Å². The van der Waals surface area contributed by atoms with Gasteiger partial charge in [0, 0.05) is 24.6 Å². The summed E-state index contributed by atoms with van der Waals surface area (Å²) >= 11 is 11.8. The molecule has 1 aliphatic rings. The number of nitrogens with zero attached hydrogens (tertiary/aromatic N) is 1. The van der Waals surface area contributed by atoms with E-state index in [0.717, 1.165) is 5.56 Å². The van der Waals surface area contributed by atoms with Gasteiger partial charge in [-0.1, -0.05) is 53.0 Å². The highest BCUT2D eigenvalue weighted by Crippen LogP contribution is 2.29. The minimum absolute atomic E-state index is 0.0802. The first kappa shape index (κ1) is 19.4. The lowest BCUT2D eigenvalue weighted by atomic mass is 9.89. The minimum atomic E-state index is -3.64. The monoisotopic (exact) mass is 411 g/mol. The van der Waals surface area contributed by atoms with Gasteiger partial charge in [-0.15, -0.1) is 0 Å². The second kappa shape index (κ2) is 7.69. The number of sulfonamides is 1. The van der Waals surface area contributed by atoms with Gasteiger partial charge in [0.1, 0.15) is 0 Å². The molecule has 0 radical (unpaired) electrons. The van der Waals surface area contributed by atoms with Crippen LogP contribution in [0.2, 0.25) is 10.0 Å². The number of piperidine rings is 1. The summed E-state index contributed by atoms with van der Waals surface area (Å²) in [6, 6.07) is 11.8. The van der Waals surface area contributed by atoms with Crippen molar-refractivity contribution in [3.05, 3.63) is 63.6 Å². The van der Waals surface area contributed by atoms with Gasteiger partial charge in [0.05, 0.1) is 14.9 Å². The van der Waals surface area contributed by atoms with Crippen molar-refractivity contribution in [3.8, 4) is 0 Å². The Bertz CT molecular complexity index is 918. The van der Waals surface area contributed by atoms with Crippen LogP contribution in [-0.4, -0.2) is 31.6 Å². The predicted octanol–water partition coefficient (Wildman–Crippen LogP) is 4.59. The third kappa shape index (κ3) is 3.96. The zero-order chi connectivity index (χ0) is 18.9. The molecule has 7 heteroatoms. The molecule has 4 nitrogen and oxygen atoms in total. The van der Waals surface area contributed by atoms with Gasteiger partial charge in [-0.3, -0.25) is 4.79 Å². The fourth-order valence-corrected chi connectivity index (χ4v) is 4.96. The summed E-state index contributed by atoms with van der Waals surface area (Å²) in [7, 11) is -3.64. The van der Waals surface area contributed by atoms with Crippen molar-refractivity contribution in [2.45, 2.75) is 24.7 Å². The molecule has 3 rings (SSSR count). The van der Waals surface area contributed by atoms with Crippen LogP contribution in [0.4, 0.5) is 0 Å². The summed E-state index contributed by atoms with van der Waals surface area (Å²) in [6.45, 7) is 2.59. The molecule has 1 heterocycles. The van der Waals surface area contributed by atoms with Gasteiger partial charge in [0.15, 0.2) is 5.78 Å². The highest BCUT2D eigenvalue weighted by molar-refractivity contribution is 7.89. The molecule has 0 aromatic heterocycles. The number of ketones is 1. The molecule has 2 aromatic rings. The second-order valence-corrected chi connectivity index (χ2v) is 9.24. The average molecular weight is 412 g/mol. The Morgan fingerprint density at radius 1 is 1.00 bits per heavy atom. The van der Waals surface area contributed by atoms with Crippen molar-refractivity contribution in [3.63, 3.8) is 0 Å². The van der Waals surface area contributed by atoms with Crippen LogP contribution in [0.3, 0.4) is 0 Å². The van der Waals surface area contributed by atoms with Crippen molar-refractivity contribution in [1.29, 1.82) is 0 Å². The van der Waals surface area contributed by atoms with Crippen LogP contribution < -0.4 is 0 Å². The number of rotatable bonds is 4. The van der Waals surface area contributed by atoms with Crippen LogP contribution in [0.25, 0.3) is 0 Å². The van der Waals surface area contributed by atoms with Crippen LogP contribution in [0.1, 0.15) is 28.8 Å². The molecule has 2 aromatic carbocycles. The van der Waals surface area contributed by atoms with Gasteiger partial charge in [-0.25, -0.2) is 8.42 Å². The van der Waals surface area contributed by atoms with E-state index in [2.05, 4.69) is 0 Å². The highest BCUT2D eigenvalue weighted by Gasteiger charge is 2.32. The van der Waals surface area contributed by atoms with Crippen molar-refractivity contribution in [1.82, 2.24) is 4.31 Å². The molecule has 0 unspecified atom stereocenters. The maximum Gasteiger partial charge on any atom is 0.243 e. The van der Waals surface area contributed by atoms with Crippen molar-refractivity contribution in [2.24, 2.45) is 5.92 Å². The van der Waals surface area contributed by atoms with E-state index >= 15 is 0 Å².